The van der Waals surface area contributed by atoms with Gasteiger partial charge < -0.3 is 9.80 Å². The molecule has 0 aliphatic heterocycles. The van der Waals surface area contributed by atoms with Crippen molar-refractivity contribution in [3.05, 3.63) is 42.1 Å². The van der Waals surface area contributed by atoms with E-state index in [2.05, 4.69) is 9.88 Å². The summed E-state index contributed by atoms with van der Waals surface area (Å²) in [5, 5.41) is 1.05. The number of likely N-dealkylation sites (N-methyl/N-ethyl adjacent to an activating group) is 2. The lowest BCUT2D eigenvalue weighted by Crippen LogP contribution is -2.33. The molecule has 100 valence electrons. The van der Waals surface area contributed by atoms with Crippen LogP contribution in [0.25, 0.3) is 10.9 Å². The smallest absolute Gasteiger partial charge is 0.253 e. The fourth-order valence-corrected chi connectivity index (χ4v) is 1.87. The van der Waals surface area contributed by atoms with Crippen molar-refractivity contribution in [3.8, 4) is 0 Å². The topological polar surface area (TPSA) is 36.4 Å². The molecule has 0 bridgehead atoms. The Bertz CT molecular complexity index is 580. The Balaban J connectivity index is 2.16. The summed E-state index contributed by atoms with van der Waals surface area (Å²) in [5.74, 6) is 0.0365. The lowest BCUT2D eigenvalue weighted by atomic mass is 10.1. The molecule has 0 saturated carbocycles. The molecule has 1 heterocycles. The highest BCUT2D eigenvalue weighted by atomic mass is 16.2. The van der Waals surface area contributed by atoms with E-state index in [1.165, 1.54) is 0 Å². The van der Waals surface area contributed by atoms with Gasteiger partial charge >= 0.3 is 0 Å². The SMILES string of the molecule is CN(C)CCN(C)C(=O)c1ccc2cccnc2c1. The Kier molecular flexibility index (Phi) is 4.12. The molecule has 1 aromatic carbocycles. The molecule has 4 heteroatoms. The number of carbonyl (C=O) groups is 1. The van der Waals surface area contributed by atoms with Crippen molar-refractivity contribution in [2.75, 3.05) is 34.2 Å². The van der Waals surface area contributed by atoms with Gasteiger partial charge in [-0.3, -0.25) is 9.78 Å². The zero-order chi connectivity index (χ0) is 13.8. The van der Waals surface area contributed by atoms with Crippen LogP contribution in [0.2, 0.25) is 0 Å². The summed E-state index contributed by atoms with van der Waals surface area (Å²) in [6.45, 7) is 1.57. The molecule has 1 aromatic heterocycles. The Morgan fingerprint density at radius 2 is 1.95 bits per heavy atom. The maximum Gasteiger partial charge on any atom is 0.253 e. The number of benzene rings is 1. The molecule has 0 radical (unpaired) electrons. The first-order chi connectivity index (χ1) is 9.08. The van der Waals surface area contributed by atoms with Gasteiger partial charge in [-0.05, 0) is 32.3 Å². The summed E-state index contributed by atoms with van der Waals surface area (Å²) in [4.78, 5) is 20.4. The van der Waals surface area contributed by atoms with E-state index < -0.39 is 0 Å². The summed E-state index contributed by atoms with van der Waals surface area (Å²) < 4.78 is 0. The number of rotatable bonds is 4. The van der Waals surface area contributed by atoms with Gasteiger partial charge in [0.1, 0.15) is 0 Å². The van der Waals surface area contributed by atoms with Gasteiger partial charge in [-0.1, -0.05) is 12.1 Å². The molecule has 1 amide bonds. The molecule has 0 aliphatic carbocycles. The fourth-order valence-electron chi connectivity index (χ4n) is 1.87. The molecule has 0 spiro atoms. The molecule has 0 saturated heterocycles. The number of hydrogen-bond acceptors (Lipinski definition) is 3. The molecule has 2 aromatic rings. The molecular weight excluding hydrogens is 238 g/mol. The first-order valence-corrected chi connectivity index (χ1v) is 6.33. The predicted octanol–water partition coefficient (Wildman–Crippen LogP) is 1.87. The van der Waals surface area contributed by atoms with Crippen molar-refractivity contribution < 1.29 is 4.79 Å². The number of hydrogen-bond donors (Lipinski definition) is 0. The van der Waals surface area contributed by atoms with Crippen molar-refractivity contribution in [1.82, 2.24) is 14.8 Å². The lowest BCUT2D eigenvalue weighted by molar-refractivity contribution is 0.0786. The molecule has 4 nitrogen and oxygen atoms in total. The third-order valence-electron chi connectivity index (χ3n) is 3.08. The normalized spacial score (nSPS) is 10.9. The summed E-state index contributed by atoms with van der Waals surface area (Å²) in [7, 11) is 5.82. The van der Waals surface area contributed by atoms with E-state index in [9.17, 15) is 4.79 Å². The first-order valence-electron chi connectivity index (χ1n) is 6.33. The standard InChI is InChI=1S/C15H19N3O/c1-17(2)9-10-18(3)15(19)13-7-6-12-5-4-8-16-14(12)11-13/h4-8,11H,9-10H2,1-3H3. The summed E-state index contributed by atoms with van der Waals surface area (Å²) in [5.41, 5.74) is 1.54. The van der Waals surface area contributed by atoms with Gasteiger partial charge in [0, 0.05) is 37.3 Å². The molecule has 19 heavy (non-hydrogen) atoms. The Morgan fingerprint density at radius 3 is 2.68 bits per heavy atom. The third-order valence-corrected chi connectivity index (χ3v) is 3.08. The van der Waals surface area contributed by atoms with Crippen LogP contribution in [0, 0.1) is 0 Å². The van der Waals surface area contributed by atoms with Crippen molar-refractivity contribution >= 4 is 16.8 Å². The molecule has 0 aliphatic rings. The second-order valence-electron chi connectivity index (χ2n) is 4.94. The highest BCUT2D eigenvalue weighted by Gasteiger charge is 2.12. The lowest BCUT2D eigenvalue weighted by Gasteiger charge is -2.19. The van der Waals surface area contributed by atoms with Crippen LogP contribution in [0.5, 0.6) is 0 Å². The molecule has 0 N–H and O–H groups in total. The van der Waals surface area contributed by atoms with E-state index in [0.717, 1.165) is 17.4 Å². The Labute approximate surface area is 113 Å². The van der Waals surface area contributed by atoms with Crippen LogP contribution in [0.3, 0.4) is 0 Å². The third kappa shape index (κ3) is 3.29. The molecule has 2 rings (SSSR count). The minimum Gasteiger partial charge on any atom is -0.340 e. The van der Waals surface area contributed by atoms with Crippen molar-refractivity contribution in [2.45, 2.75) is 0 Å². The maximum atomic E-state index is 12.3. The van der Waals surface area contributed by atoms with Gasteiger partial charge in [0.05, 0.1) is 5.52 Å². The van der Waals surface area contributed by atoms with Crippen molar-refractivity contribution in [1.29, 1.82) is 0 Å². The van der Waals surface area contributed by atoms with E-state index in [0.29, 0.717) is 12.1 Å². The van der Waals surface area contributed by atoms with E-state index in [-0.39, 0.29) is 5.91 Å². The zero-order valence-corrected chi connectivity index (χ0v) is 11.6. The summed E-state index contributed by atoms with van der Waals surface area (Å²) >= 11 is 0. The minimum absolute atomic E-state index is 0.0365. The van der Waals surface area contributed by atoms with E-state index >= 15 is 0 Å². The highest BCUT2D eigenvalue weighted by molar-refractivity contribution is 5.97. The van der Waals surface area contributed by atoms with Crippen LogP contribution in [-0.2, 0) is 0 Å². The molecule has 0 atom stereocenters. The zero-order valence-electron chi connectivity index (χ0n) is 11.6. The number of aromatic nitrogens is 1. The monoisotopic (exact) mass is 257 g/mol. The number of pyridine rings is 1. The second-order valence-corrected chi connectivity index (χ2v) is 4.94. The summed E-state index contributed by atoms with van der Waals surface area (Å²) in [6.07, 6.45) is 1.74. The summed E-state index contributed by atoms with van der Waals surface area (Å²) in [6, 6.07) is 9.54. The maximum absolute atomic E-state index is 12.3. The van der Waals surface area contributed by atoms with Crippen LogP contribution in [0.1, 0.15) is 10.4 Å². The number of fused-ring (bicyclic) bond motifs is 1. The van der Waals surface area contributed by atoms with Gasteiger partial charge in [-0.15, -0.1) is 0 Å². The van der Waals surface area contributed by atoms with Crippen LogP contribution < -0.4 is 0 Å². The predicted molar refractivity (Wildman–Crippen MR) is 77.3 cm³/mol. The van der Waals surface area contributed by atoms with Crippen molar-refractivity contribution in [2.24, 2.45) is 0 Å². The largest absolute Gasteiger partial charge is 0.340 e. The average molecular weight is 257 g/mol. The van der Waals surface area contributed by atoms with E-state index in [1.807, 2.05) is 51.5 Å². The number of amides is 1. The Hall–Kier alpha value is -1.94. The van der Waals surface area contributed by atoms with Gasteiger partial charge in [0.15, 0.2) is 0 Å². The van der Waals surface area contributed by atoms with Crippen LogP contribution in [0.4, 0.5) is 0 Å². The number of carbonyl (C=O) groups excluding carboxylic acids is 1. The van der Waals surface area contributed by atoms with Crippen LogP contribution in [-0.4, -0.2) is 54.9 Å². The van der Waals surface area contributed by atoms with Gasteiger partial charge in [-0.2, -0.15) is 0 Å². The molecule has 0 unspecified atom stereocenters. The van der Waals surface area contributed by atoms with E-state index in [1.54, 1.807) is 11.1 Å². The second kappa shape index (κ2) is 5.80. The average Bonchev–Trinajstić information content (AvgIpc) is 2.43. The van der Waals surface area contributed by atoms with Crippen molar-refractivity contribution in [3.63, 3.8) is 0 Å². The van der Waals surface area contributed by atoms with Gasteiger partial charge in [-0.25, -0.2) is 0 Å². The van der Waals surface area contributed by atoms with Gasteiger partial charge in [0.2, 0.25) is 0 Å². The molecular formula is C15H19N3O. The molecule has 0 fully saturated rings. The highest BCUT2D eigenvalue weighted by Crippen LogP contribution is 2.14. The Morgan fingerprint density at radius 1 is 1.16 bits per heavy atom. The first kappa shape index (κ1) is 13.5. The van der Waals surface area contributed by atoms with E-state index in [4.69, 9.17) is 0 Å². The van der Waals surface area contributed by atoms with Crippen LogP contribution >= 0.6 is 0 Å². The fraction of sp³-hybridized carbons (Fsp3) is 0.333. The minimum atomic E-state index is 0.0365. The number of nitrogens with zero attached hydrogens (tertiary/aromatic N) is 3. The quantitative estimate of drug-likeness (QED) is 0.839. The van der Waals surface area contributed by atoms with Crippen LogP contribution in [0.15, 0.2) is 36.5 Å². The van der Waals surface area contributed by atoms with Gasteiger partial charge in [0.25, 0.3) is 5.91 Å².